The van der Waals surface area contributed by atoms with Crippen molar-refractivity contribution >= 4 is 42.5 Å². The summed E-state index contributed by atoms with van der Waals surface area (Å²) in [5, 5.41) is 12.9. The highest BCUT2D eigenvalue weighted by molar-refractivity contribution is 7.80. The van der Waals surface area contributed by atoms with E-state index in [1.54, 1.807) is 6.92 Å². The van der Waals surface area contributed by atoms with Crippen LogP contribution in [0.2, 0.25) is 0 Å². The second-order valence-corrected chi connectivity index (χ2v) is 10.2. The number of benzene rings is 3. The average Bonchev–Trinajstić information content (AvgIpc) is 2.73. The summed E-state index contributed by atoms with van der Waals surface area (Å²) in [5.41, 5.74) is -1.42. The van der Waals surface area contributed by atoms with Crippen LogP contribution in [0.15, 0.2) is 91.0 Å². The van der Waals surface area contributed by atoms with Crippen LogP contribution in [0, 0.1) is 0 Å². The van der Waals surface area contributed by atoms with E-state index in [0.29, 0.717) is 0 Å². The highest BCUT2D eigenvalue weighted by atomic mass is 32.1. The highest BCUT2D eigenvalue weighted by Crippen LogP contribution is 2.21. The molecule has 0 radical (unpaired) electrons. The zero-order chi connectivity index (χ0) is 19.3. The summed E-state index contributed by atoms with van der Waals surface area (Å²) in [6.45, 7) is 1.60. The Morgan fingerprint density at radius 1 is 0.852 bits per heavy atom. The van der Waals surface area contributed by atoms with Gasteiger partial charge >= 0.3 is 5.97 Å². The fraction of sp³-hybridized carbons (Fsp3) is 0.136. The Kier molecular flexibility index (Phi) is 5.84. The number of carboxylic acids is 1. The van der Waals surface area contributed by atoms with Crippen LogP contribution in [0.1, 0.15) is 6.92 Å². The molecule has 0 saturated carbocycles. The van der Waals surface area contributed by atoms with Gasteiger partial charge in [0.2, 0.25) is 0 Å². The maximum Gasteiger partial charge on any atom is 0.335 e. The largest absolute Gasteiger partial charge is 0.479 e. The van der Waals surface area contributed by atoms with E-state index < -0.39 is 19.9 Å². The summed E-state index contributed by atoms with van der Waals surface area (Å²) >= 11 is 4.31. The molecule has 0 aliphatic heterocycles. The Labute approximate surface area is 166 Å². The Morgan fingerprint density at radius 2 is 1.19 bits per heavy atom. The van der Waals surface area contributed by atoms with Gasteiger partial charge in [-0.2, -0.15) is 12.6 Å². The van der Waals surface area contributed by atoms with Gasteiger partial charge in [-0.05, 0) is 22.5 Å². The predicted octanol–water partition coefficient (Wildman–Crippen LogP) is 2.44. The van der Waals surface area contributed by atoms with Crippen molar-refractivity contribution in [3.63, 3.8) is 0 Å². The molecular formula is C22H22O3SSi. The molecule has 0 heterocycles. The van der Waals surface area contributed by atoms with Crippen molar-refractivity contribution in [2.75, 3.05) is 5.75 Å². The van der Waals surface area contributed by atoms with Gasteiger partial charge in [0.1, 0.15) is 0 Å². The lowest BCUT2D eigenvalue weighted by Crippen LogP contribution is -2.73. The molecule has 5 heteroatoms. The molecule has 0 bridgehead atoms. The number of hydrogen-bond acceptors (Lipinski definition) is 3. The van der Waals surface area contributed by atoms with Crippen LogP contribution in [0.3, 0.4) is 0 Å². The van der Waals surface area contributed by atoms with Gasteiger partial charge in [0.05, 0.1) is 0 Å². The molecule has 1 atom stereocenters. The topological polar surface area (TPSA) is 46.5 Å². The van der Waals surface area contributed by atoms with Crippen LogP contribution in [-0.4, -0.2) is 30.7 Å². The standard InChI is InChI=1S/C22H22O3SSi/c1-22(17-26,21(23)24)25-27(18-11-5-2-6-12-18,19-13-7-3-8-14-19)20-15-9-4-10-16-20/h2-16,26H,17H2,1H3,(H,23,24). The first-order chi connectivity index (χ1) is 13.0. The van der Waals surface area contributed by atoms with Gasteiger partial charge in [0.15, 0.2) is 5.60 Å². The molecule has 27 heavy (non-hydrogen) atoms. The summed E-state index contributed by atoms with van der Waals surface area (Å²) in [6.07, 6.45) is 0. The van der Waals surface area contributed by atoms with E-state index in [1.165, 1.54) is 0 Å². The Hall–Kier alpha value is -2.34. The minimum atomic E-state index is -3.07. The maximum atomic E-state index is 12.1. The maximum absolute atomic E-state index is 12.1. The molecule has 0 aliphatic rings. The van der Waals surface area contributed by atoms with Crippen LogP contribution in [0.4, 0.5) is 0 Å². The van der Waals surface area contributed by atoms with Crippen LogP contribution in [0.5, 0.6) is 0 Å². The number of thiol groups is 1. The van der Waals surface area contributed by atoms with E-state index in [2.05, 4.69) is 12.6 Å². The van der Waals surface area contributed by atoms with Crippen molar-refractivity contribution in [3.05, 3.63) is 91.0 Å². The molecule has 3 nitrogen and oxygen atoms in total. The smallest absolute Gasteiger partial charge is 0.335 e. The lowest BCUT2D eigenvalue weighted by atomic mass is 10.1. The fourth-order valence-corrected chi connectivity index (χ4v) is 7.67. The molecule has 138 valence electrons. The van der Waals surface area contributed by atoms with Gasteiger partial charge in [-0.1, -0.05) is 91.0 Å². The second kappa shape index (κ2) is 8.13. The first kappa shape index (κ1) is 19.4. The zero-order valence-corrected chi connectivity index (χ0v) is 17.0. The van der Waals surface area contributed by atoms with Gasteiger partial charge in [-0.3, -0.25) is 0 Å². The number of rotatable bonds is 7. The molecule has 0 amide bonds. The molecule has 0 saturated heterocycles. The van der Waals surface area contributed by atoms with Gasteiger partial charge in [-0.25, -0.2) is 4.79 Å². The van der Waals surface area contributed by atoms with Crippen LogP contribution in [-0.2, 0) is 9.22 Å². The molecule has 1 unspecified atom stereocenters. The molecule has 1 N–H and O–H groups in total. The second-order valence-electron chi connectivity index (χ2n) is 6.58. The zero-order valence-electron chi connectivity index (χ0n) is 15.1. The third-order valence-corrected chi connectivity index (χ3v) is 9.47. The molecule has 3 aromatic rings. The van der Waals surface area contributed by atoms with Crippen LogP contribution in [0.25, 0.3) is 0 Å². The third-order valence-electron chi connectivity index (χ3n) is 4.67. The van der Waals surface area contributed by atoms with Crippen molar-refractivity contribution in [1.82, 2.24) is 0 Å². The first-order valence-corrected chi connectivity index (χ1v) is 11.3. The SMILES string of the molecule is CC(CS)(O[Si](c1ccccc1)(c1ccccc1)c1ccccc1)C(=O)O. The van der Waals surface area contributed by atoms with E-state index in [-0.39, 0.29) is 5.75 Å². The molecule has 3 aromatic carbocycles. The van der Waals surface area contributed by atoms with E-state index in [9.17, 15) is 9.90 Å². The molecule has 0 aromatic heterocycles. The lowest BCUT2D eigenvalue weighted by molar-refractivity contribution is -0.152. The molecule has 0 aliphatic carbocycles. The van der Waals surface area contributed by atoms with Gasteiger partial charge < -0.3 is 9.53 Å². The van der Waals surface area contributed by atoms with Gasteiger partial charge in [0.25, 0.3) is 8.32 Å². The summed E-state index contributed by atoms with van der Waals surface area (Å²) in [6, 6.07) is 29.8. The van der Waals surface area contributed by atoms with Crippen molar-refractivity contribution in [3.8, 4) is 0 Å². The van der Waals surface area contributed by atoms with Crippen molar-refractivity contribution < 1.29 is 14.3 Å². The first-order valence-electron chi connectivity index (χ1n) is 8.74. The van der Waals surface area contributed by atoms with Crippen molar-refractivity contribution in [2.24, 2.45) is 0 Å². The predicted molar refractivity (Wildman–Crippen MR) is 115 cm³/mol. The normalized spacial score (nSPS) is 13.7. The number of carbonyl (C=O) groups is 1. The average molecular weight is 395 g/mol. The summed E-state index contributed by atoms with van der Waals surface area (Å²) in [7, 11) is -3.07. The number of hydrogen-bond donors (Lipinski definition) is 2. The van der Waals surface area contributed by atoms with Crippen LogP contribution >= 0.6 is 12.6 Å². The van der Waals surface area contributed by atoms with E-state index in [1.807, 2.05) is 91.0 Å². The van der Waals surface area contributed by atoms with E-state index >= 15 is 0 Å². The van der Waals surface area contributed by atoms with E-state index in [4.69, 9.17) is 4.43 Å². The van der Waals surface area contributed by atoms with E-state index in [0.717, 1.165) is 15.6 Å². The quantitative estimate of drug-likeness (QED) is 0.368. The summed E-state index contributed by atoms with van der Waals surface area (Å²) < 4.78 is 6.66. The Bertz CT molecular complexity index is 791. The van der Waals surface area contributed by atoms with Gasteiger partial charge in [0, 0.05) is 5.75 Å². The highest BCUT2D eigenvalue weighted by Gasteiger charge is 2.49. The minimum absolute atomic E-state index is 0.0730. The molecule has 0 spiro atoms. The lowest BCUT2D eigenvalue weighted by Gasteiger charge is -2.39. The Morgan fingerprint density at radius 3 is 1.44 bits per heavy atom. The third kappa shape index (κ3) is 3.71. The van der Waals surface area contributed by atoms with Gasteiger partial charge in [-0.15, -0.1) is 0 Å². The van der Waals surface area contributed by atoms with Crippen LogP contribution < -0.4 is 15.6 Å². The van der Waals surface area contributed by atoms with Crippen molar-refractivity contribution in [1.29, 1.82) is 0 Å². The fourth-order valence-electron chi connectivity index (χ4n) is 3.18. The number of aliphatic carboxylic acids is 1. The van der Waals surface area contributed by atoms with Crippen molar-refractivity contribution in [2.45, 2.75) is 12.5 Å². The number of carboxylic acid groups (broad SMARTS) is 1. The monoisotopic (exact) mass is 394 g/mol. The Balaban J connectivity index is 2.34. The summed E-state index contributed by atoms with van der Waals surface area (Å²) in [5.74, 6) is -0.944. The molecular weight excluding hydrogens is 372 g/mol. The summed E-state index contributed by atoms with van der Waals surface area (Å²) in [4.78, 5) is 12.1. The molecule has 3 rings (SSSR count). The molecule has 0 fully saturated rings. The minimum Gasteiger partial charge on any atom is -0.479 e.